The maximum Gasteiger partial charge on any atom is 0.274 e. The highest BCUT2D eigenvalue weighted by Gasteiger charge is 2.26. The standard InChI is InChI=1S/C13H20N4O3S/c1-2-10-21(19,20)17-7-3-6-16(8-9-17)13(18)12-11-14-4-5-15-12/h4-5,11H,2-3,6-10H2,1H3. The predicted molar refractivity (Wildman–Crippen MR) is 78.2 cm³/mol. The SMILES string of the molecule is CCCS(=O)(=O)N1CCCN(C(=O)c2cnccn2)CC1. The number of carbonyl (C=O) groups is 1. The van der Waals surface area contributed by atoms with Crippen molar-refractivity contribution in [2.45, 2.75) is 19.8 Å². The Balaban J connectivity index is 2.03. The number of aromatic nitrogens is 2. The van der Waals surface area contributed by atoms with E-state index in [1.807, 2.05) is 6.92 Å². The number of amides is 1. The third-order valence-corrected chi connectivity index (χ3v) is 5.46. The molecule has 0 radical (unpaired) electrons. The smallest absolute Gasteiger partial charge is 0.274 e. The molecule has 8 heteroatoms. The average Bonchev–Trinajstić information content (AvgIpc) is 2.74. The van der Waals surface area contributed by atoms with Gasteiger partial charge in [0.25, 0.3) is 5.91 Å². The van der Waals surface area contributed by atoms with Gasteiger partial charge in [-0.1, -0.05) is 6.92 Å². The second-order valence-corrected chi connectivity index (χ2v) is 7.04. The zero-order valence-corrected chi connectivity index (χ0v) is 12.9. The highest BCUT2D eigenvalue weighted by Crippen LogP contribution is 2.11. The van der Waals surface area contributed by atoms with E-state index in [0.29, 0.717) is 44.7 Å². The van der Waals surface area contributed by atoms with Crippen molar-refractivity contribution in [1.29, 1.82) is 0 Å². The van der Waals surface area contributed by atoms with Gasteiger partial charge in [-0.05, 0) is 12.8 Å². The van der Waals surface area contributed by atoms with E-state index in [0.717, 1.165) is 0 Å². The molecule has 1 aromatic heterocycles. The van der Waals surface area contributed by atoms with Crippen molar-refractivity contribution in [3.8, 4) is 0 Å². The first-order chi connectivity index (χ1) is 10.0. The molecule has 0 atom stereocenters. The minimum absolute atomic E-state index is 0.158. The lowest BCUT2D eigenvalue weighted by Gasteiger charge is -2.21. The Morgan fingerprint density at radius 3 is 2.71 bits per heavy atom. The molecule has 1 saturated heterocycles. The van der Waals surface area contributed by atoms with Crippen molar-refractivity contribution in [3.05, 3.63) is 24.3 Å². The van der Waals surface area contributed by atoms with Crippen LogP contribution in [-0.4, -0.2) is 65.4 Å². The average molecular weight is 312 g/mol. The van der Waals surface area contributed by atoms with E-state index in [4.69, 9.17) is 0 Å². The molecule has 0 bridgehead atoms. The molecule has 2 heterocycles. The summed E-state index contributed by atoms with van der Waals surface area (Å²) >= 11 is 0. The van der Waals surface area contributed by atoms with Crippen LogP contribution in [0.25, 0.3) is 0 Å². The fraction of sp³-hybridized carbons (Fsp3) is 0.615. The van der Waals surface area contributed by atoms with Crippen LogP contribution in [0.4, 0.5) is 0 Å². The Morgan fingerprint density at radius 2 is 2.05 bits per heavy atom. The van der Waals surface area contributed by atoms with E-state index in [2.05, 4.69) is 9.97 Å². The van der Waals surface area contributed by atoms with Crippen molar-refractivity contribution in [2.24, 2.45) is 0 Å². The lowest BCUT2D eigenvalue weighted by Crippen LogP contribution is -2.38. The van der Waals surface area contributed by atoms with Crippen LogP contribution in [-0.2, 0) is 10.0 Å². The summed E-state index contributed by atoms with van der Waals surface area (Å²) in [7, 11) is -3.20. The zero-order valence-electron chi connectivity index (χ0n) is 12.1. The number of hydrogen-bond donors (Lipinski definition) is 0. The normalized spacial score (nSPS) is 17.5. The number of hydrogen-bond acceptors (Lipinski definition) is 5. The molecule has 1 fully saturated rings. The largest absolute Gasteiger partial charge is 0.336 e. The Bertz CT molecular complexity index is 576. The zero-order chi connectivity index (χ0) is 15.3. The van der Waals surface area contributed by atoms with Crippen LogP contribution in [0.1, 0.15) is 30.3 Å². The summed E-state index contributed by atoms with van der Waals surface area (Å²) in [6, 6.07) is 0. The van der Waals surface area contributed by atoms with Gasteiger partial charge in [0.2, 0.25) is 10.0 Å². The van der Waals surface area contributed by atoms with Gasteiger partial charge in [-0.2, -0.15) is 0 Å². The minimum atomic E-state index is -3.20. The van der Waals surface area contributed by atoms with Gasteiger partial charge in [-0.25, -0.2) is 17.7 Å². The first-order valence-corrected chi connectivity index (χ1v) is 8.68. The van der Waals surface area contributed by atoms with Gasteiger partial charge in [-0.15, -0.1) is 0 Å². The monoisotopic (exact) mass is 312 g/mol. The second-order valence-electron chi connectivity index (χ2n) is 4.95. The Kier molecular flexibility index (Phi) is 5.24. The van der Waals surface area contributed by atoms with Gasteiger partial charge < -0.3 is 4.90 Å². The molecular formula is C13H20N4O3S. The fourth-order valence-electron chi connectivity index (χ4n) is 2.33. The van der Waals surface area contributed by atoms with Gasteiger partial charge >= 0.3 is 0 Å². The van der Waals surface area contributed by atoms with Crippen molar-refractivity contribution in [3.63, 3.8) is 0 Å². The van der Waals surface area contributed by atoms with Crippen LogP contribution in [0.5, 0.6) is 0 Å². The van der Waals surface area contributed by atoms with Crippen LogP contribution in [0, 0.1) is 0 Å². The van der Waals surface area contributed by atoms with Crippen LogP contribution in [0.3, 0.4) is 0 Å². The summed E-state index contributed by atoms with van der Waals surface area (Å²) in [4.78, 5) is 21.8. The molecule has 2 rings (SSSR count). The van der Waals surface area contributed by atoms with Crippen molar-refractivity contribution in [2.75, 3.05) is 31.9 Å². The molecule has 0 spiro atoms. The first-order valence-electron chi connectivity index (χ1n) is 7.07. The molecule has 1 amide bonds. The van der Waals surface area contributed by atoms with E-state index in [1.54, 1.807) is 4.90 Å². The molecule has 0 aromatic carbocycles. The lowest BCUT2D eigenvalue weighted by atomic mass is 10.3. The number of sulfonamides is 1. The Hall–Kier alpha value is -1.54. The summed E-state index contributed by atoms with van der Waals surface area (Å²) in [5.74, 6) is -0.0386. The number of nitrogens with zero attached hydrogens (tertiary/aromatic N) is 4. The number of rotatable bonds is 4. The summed E-state index contributed by atoms with van der Waals surface area (Å²) in [5.41, 5.74) is 0.294. The second kappa shape index (κ2) is 6.95. The predicted octanol–water partition coefficient (Wildman–Crippen LogP) is 0.364. The maximum atomic E-state index is 12.3. The summed E-state index contributed by atoms with van der Waals surface area (Å²) in [6.07, 6.45) is 5.65. The molecule has 7 nitrogen and oxygen atoms in total. The molecular weight excluding hydrogens is 292 g/mol. The third kappa shape index (κ3) is 3.98. The highest BCUT2D eigenvalue weighted by atomic mass is 32.2. The van der Waals surface area contributed by atoms with E-state index in [9.17, 15) is 13.2 Å². The van der Waals surface area contributed by atoms with Gasteiger partial charge in [0.1, 0.15) is 5.69 Å². The van der Waals surface area contributed by atoms with Crippen molar-refractivity contribution >= 4 is 15.9 Å². The summed E-state index contributed by atoms with van der Waals surface area (Å²) in [5, 5.41) is 0. The topological polar surface area (TPSA) is 83.5 Å². The van der Waals surface area contributed by atoms with Gasteiger partial charge in [0, 0.05) is 38.6 Å². The molecule has 1 aliphatic heterocycles. The molecule has 0 aliphatic carbocycles. The third-order valence-electron chi connectivity index (χ3n) is 3.38. The van der Waals surface area contributed by atoms with Gasteiger partial charge in [0.15, 0.2) is 0 Å². The van der Waals surface area contributed by atoms with Crippen LogP contribution >= 0.6 is 0 Å². The molecule has 116 valence electrons. The van der Waals surface area contributed by atoms with Crippen molar-refractivity contribution < 1.29 is 13.2 Å². The highest BCUT2D eigenvalue weighted by molar-refractivity contribution is 7.89. The van der Waals surface area contributed by atoms with Gasteiger partial charge in [-0.3, -0.25) is 9.78 Å². The Morgan fingerprint density at radius 1 is 1.24 bits per heavy atom. The molecule has 1 aliphatic rings. The van der Waals surface area contributed by atoms with Gasteiger partial charge in [0.05, 0.1) is 11.9 Å². The molecule has 0 unspecified atom stereocenters. The fourth-order valence-corrected chi connectivity index (χ4v) is 3.87. The minimum Gasteiger partial charge on any atom is -0.336 e. The molecule has 0 saturated carbocycles. The summed E-state index contributed by atoms with van der Waals surface area (Å²) < 4.78 is 25.7. The van der Waals surface area contributed by atoms with E-state index in [-0.39, 0.29) is 11.7 Å². The van der Waals surface area contributed by atoms with E-state index < -0.39 is 10.0 Å². The first kappa shape index (κ1) is 15.8. The van der Waals surface area contributed by atoms with Crippen LogP contribution in [0.2, 0.25) is 0 Å². The molecule has 0 N–H and O–H groups in total. The van der Waals surface area contributed by atoms with Crippen LogP contribution < -0.4 is 0 Å². The van der Waals surface area contributed by atoms with Crippen LogP contribution in [0.15, 0.2) is 18.6 Å². The lowest BCUT2D eigenvalue weighted by molar-refractivity contribution is 0.0758. The Labute approximate surface area is 125 Å². The van der Waals surface area contributed by atoms with Crippen molar-refractivity contribution in [1.82, 2.24) is 19.2 Å². The molecule has 1 aromatic rings. The van der Waals surface area contributed by atoms with E-state index in [1.165, 1.54) is 22.9 Å². The maximum absolute atomic E-state index is 12.3. The quantitative estimate of drug-likeness (QED) is 0.802. The number of carbonyl (C=O) groups excluding carboxylic acids is 1. The molecule has 21 heavy (non-hydrogen) atoms. The summed E-state index contributed by atoms with van der Waals surface area (Å²) in [6.45, 7) is 3.58. The van der Waals surface area contributed by atoms with E-state index >= 15 is 0 Å².